The monoisotopic (exact) mass is 163 g/mol. The summed E-state index contributed by atoms with van der Waals surface area (Å²) >= 11 is 1.54. The molecule has 60 valence electrons. The lowest BCUT2D eigenvalue weighted by Gasteiger charge is -2.09. The maximum absolute atomic E-state index is 9.06. The van der Waals surface area contributed by atoms with E-state index in [-0.39, 0.29) is 11.6 Å². The van der Waals surface area contributed by atoms with Gasteiger partial charge in [0.1, 0.15) is 5.75 Å². The summed E-state index contributed by atoms with van der Waals surface area (Å²) in [4.78, 5) is 9.06. The minimum atomic E-state index is -0.278. The summed E-state index contributed by atoms with van der Waals surface area (Å²) in [7, 11) is 0. The highest BCUT2D eigenvalue weighted by molar-refractivity contribution is 7.99. The number of rotatable bonds is 2. The van der Waals surface area contributed by atoms with Gasteiger partial charge in [0.25, 0.3) is 0 Å². The third-order valence-electron chi connectivity index (χ3n) is 0.692. The van der Waals surface area contributed by atoms with E-state index in [1.54, 1.807) is 0 Å². The van der Waals surface area contributed by atoms with Crippen LogP contribution < -0.4 is 0 Å². The largest absolute Gasteiger partial charge is 0.493 e. The molecule has 10 heavy (non-hydrogen) atoms. The summed E-state index contributed by atoms with van der Waals surface area (Å²) < 4.78 is 5.13. The summed E-state index contributed by atoms with van der Waals surface area (Å²) in [6.07, 6.45) is 1.92. The maximum Gasteiger partial charge on any atom is 0.493 e. The molecule has 0 aliphatic heterocycles. The number of hydrogen-bond acceptors (Lipinski definition) is 2. The van der Waals surface area contributed by atoms with E-state index in [4.69, 9.17) is 9.53 Å². The number of esters is 1. The van der Waals surface area contributed by atoms with Gasteiger partial charge >= 0.3 is 5.97 Å². The van der Waals surface area contributed by atoms with Crippen LogP contribution in [0.15, 0.2) is 0 Å². The molecular formula is C7H15O2S+. The molecule has 1 N–H and O–H groups in total. The SMILES string of the molecule is CSCC(=[OH+])OC(C)(C)C. The molecule has 0 aromatic carbocycles. The first kappa shape index (κ1) is 9.82. The van der Waals surface area contributed by atoms with Crippen molar-refractivity contribution in [2.24, 2.45) is 0 Å². The number of hydrogen-bond donors (Lipinski definition) is 0. The smallest absolute Gasteiger partial charge is 0.338 e. The van der Waals surface area contributed by atoms with Crippen LogP contribution in [0.4, 0.5) is 0 Å². The Morgan fingerprint density at radius 2 is 2.00 bits per heavy atom. The third kappa shape index (κ3) is 5.95. The second-order valence-electron chi connectivity index (χ2n) is 3.04. The van der Waals surface area contributed by atoms with Gasteiger partial charge in [0, 0.05) is 20.8 Å². The van der Waals surface area contributed by atoms with Crippen LogP contribution in [0, 0.1) is 0 Å². The van der Waals surface area contributed by atoms with Crippen molar-refractivity contribution in [1.29, 1.82) is 0 Å². The van der Waals surface area contributed by atoms with Gasteiger partial charge in [-0.2, -0.15) is 0 Å². The molecule has 0 aromatic rings. The summed E-state index contributed by atoms with van der Waals surface area (Å²) in [5.74, 6) is 0.664. The van der Waals surface area contributed by atoms with Crippen molar-refractivity contribution in [2.45, 2.75) is 26.4 Å². The van der Waals surface area contributed by atoms with Crippen LogP contribution in [0.3, 0.4) is 0 Å². The Hall–Kier alpha value is -0.180. The standard InChI is InChI=1S/C7H14O2S/c1-7(2,3)9-6(8)5-10-4/h5H2,1-4H3/p+1. The molecule has 2 nitrogen and oxygen atoms in total. The molecule has 0 aliphatic carbocycles. The normalized spacial score (nSPS) is 11.2. The highest BCUT2D eigenvalue weighted by Crippen LogP contribution is 2.08. The first-order chi connectivity index (χ1) is 4.45. The van der Waals surface area contributed by atoms with Crippen molar-refractivity contribution >= 4 is 17.7 Å². The fraction of sp³-hybridized carbons (Fsp3) is 0.857. The predicted octanol–water partition coefficient (Wildman–Crippen LogP) is 1.67. The molecule has 0 spiro atoms. The summed E-state index contributed by atoms with van der Waals surface area (Å²) in [5.41, 5.74) is -0.278. The molecule has 0 aliphatic rings. The van der Waals surface area contributed by atoms with Crippen molar-refractivity contribution < 1.29 is 9.53 Å². The zero-order valence-corrected chi connectivity index (χ0v) is 7.79. The third-order valence-corrected chi connectivity index (χ3v) is 1.23. The quantitative estimate of drug-likeness (QED) is 0.458. The van der Waals surface area contributed by atoms with Gasteiger partial charge in [-0.1, -0.05) is 0 Å². The van der Waals surface area contributed by atoms with Gasteiger partial charge in [0.05, 0.1) is 0 Å². The molecule has 0 bridgehead atoms. The van der Waals surface area contributed by atoms with Gasteiger partial charge in [-0.3, -0.25) is 0 Å². The highest BCUT2D eigenvalue weighted by Gasteiger charge is 2.24. The van der Waals surface area contributed by atoms with E-state index < -0.39 is 0 Å². The zero-order valence-electron chi connectivity index (χ0n) is 6.97. The molecule has 0 rings (SSSR count). The fourth-order valence-electron chi connectivity index (χ4n) is 0.506. The molecule has 0 heterocycles. The summed E-state index contributed by atoms with van der Waals surface area (Å²) in [6.45, 7) is 5.72. The maximum atomic E-state index is 9.06. The van der Waals surface area contributed by atoms with Crippen LogP contribution in [0.2, 0.25) is 0 Å². The first-order valence-corrected chi connectivity index (χ1v) is 4.58. The van der Waals surface area contributed by atoms with Crippen molar-refractivity contribution in [3.8, 4) is 0 Å². The Labute approximate surface area is 66.3 Å². The molecule has 0 saturated heterocycles. The predicted molar refractivity (Wildman–Crippen MR) is 46.2 cm³/mol. The summed E-state index contributed by atoms with van der Waals surface area (Å²) in [5, 5.41) is 0. The molecule has 0 fully saturated rings. The Morgan fingerprint density at radius 3 is 2.30 bits per heavy atom. The molecular weight excluding hydrogens is 148 g/mol. The van der Waals surface area contributed by atoms with E-state index in [1.807, 2.05) is 27.0 Å². The molecule has 3 heteroatoms. The number of thioether (sulfide) groups is 1. The Bertz CT molecular complexity index is 115. The Kier molecular flexibility index (Phi) is 3.79. The number of ether oxygens (including phenoxy) is 1. The minimum absolute atomic E-state index is 0.111. The van der Waals surface area contributed by atoms with Crippen molar-refractivity contribution in [1.82, 2.24) is 0 Å². The average Bonchev–Trinajstić information content (AvgIpc) is 1.59. The van der Waals surface area contributed by atoms with Gasteiger partial charge in [-0.25, -0.2) is 0 Å². The average molecular weight is 163 g/mol. The van der Waals surface area contributed by atoms with Crippen LogP contribution >= 0.6 is 11.8 Å². The molecule has 0 amide bonds. The van der Waals surface area contributed by atoms with Crippen molar-refractivity contribution in [3.63, 3.8) is 0 Å². The highest BCUT2D eigenvalue weighted by atomic mass is 32.2. The molecule has 0 aromatic heterocycles. The van der Waals surface area contributed by atoms with Crippen LogP contribution in [0.5, 0.6) is 0 Å². The van der Waals surface area contributed by atoms with Crippen LogP contribution in [0.25, 0.3) is 0 Å². The topological polar surface area (TPSA) is 30.6 Å². The van der Waals surface area contributed by atoms with Gasteiger partial charge in [-0.15, -0.1) is 11.8 Å². The van der Waals surface area contributed by atoms with Crippen molar-refractivity contribution in [2.75, 3.05) is 12.0 Å². The Balaban J connectivity index is 3.58. The van der Waals surface area contributed by atoms with Gasteiger partial charge in [0.2, 0.25) is 0 Å². The zero-order chi connectivity index (χ0) is 8.20. The Morgan fingerprint density at radius 1 is 1.50 bits per heavy atom. The first-order valence-electron chi connectivity index (χ1n) is 3.18. The molecule has 0 atom stereocenters. The lowest BCUT2D eigenvalue weighted by atomic mass is 10.2. The van der Waals surface area contributed by atoms with E-state index in [1.165, 1.54) is 11.8 Å². The van der Waals surface area contributed by atoms with Crippen molar-refractivity contribution in [3.05, 3.63) is 0 Å². The van der Waals surface area contributed by atoms with E-state index in [2.05, 4.69) is 0 Å². The van der Waals surface area contributed by atoms with E-state index >= 15 is 0 Å². The van der Waals surface area contributed by atoms with E-state index in [0.717, 1.165) is 0 Å². The second-order valence-corrected chi connectivity index (χ2v) is 3.91. The van der Waals surface area contributed by atoms with Gasteiger partial charge < -0.3 is 9.53 Å². The molecule has 0 unspecified atom stereocenters. The lowest BCUT2D eigenvalue weighted by molar-refractivity contribution is 0.102. The van der Waals surface area contributed by atoms with E-state index in [0.29, 0.717) is 5.75 Å². The number of carbonyl (C=O) groups excluding carboxylic acids is 1. The van der Waals surface area contributed by atoms with Crippen LogP contribution in [-0.4, -0.2) is 28.4 Å². The molecule has 0 radical (unpaired) electrons. The van der Waals surface area contributed by atoms with Gasteiger partial charge in [-0.05, 0) is 6.26 Å². The molecule has 0 saturated carbocycles. The van der Waals surface area contributed by atoms with Crippen LogP contribution in [0.1, 0.15) is 20.8 Å². The lowest BCUT2D eigenvalue weighted by Crippen LogP contribution is -2.25. The minimum Gasteiger partial charge on any atom is -0.338 e. The summed E-state index contributed by atoms with van der Waals surface area (Å²) in [6, 6.07) is 0. The van der Waals surface area contributed by atoms with Crippen LogP contribution in [-0.2, 0) is 4.74 Å². The fourth-order valence-corrected chi connectivity index (χ4v) is 0.812. The van der Waals surface area contributed by atoms with E-state index in [9.17, 15) is 0 Å². The van der Waals surface area contributed by atoms with Gasteiger partial charge in [0.15, 0.2) is 5.60 Å². The second kappa shape index (κ2) is 3.86.